The number of aromatic nitrogens is 2. The summed E-state index contributed by atoms with van der Waals surface area (Å²) < 4.78 is 61.5. The van der Waals surface area contributed by atoms with Gasteiger partial charge >= 0.3 is 0 Å². The number of ether oxygens (including phenoxy) is 7. The fraction of sp³-hybridized carbons (Fsp3) is 0.113. The Bertz CT molecular complexity index is 3760. The number of para-hydroxylation sites is 3. The van der Waals surface area contributed by atoms with Crippen molar-refractivity contribution in [3.63, 3.8) is 0 Å². The van der Waals surface area contributed by atoms with Crippen LogP contribution in [-0.2, 0) is 141 Å². The quantitative estimate of drug-likeness (QED) is 0.0871. The average molecular weight is 1650 g/mol. The number of benzene rings is 8. The summed E-state index contributed by atoms with van der Waals surface area (Å²) in [5.41, 5.74) is 4.29. The third kappa shape index (κ3) is 42.3. The molecule has 0 amide bonds. The van der Waals surface area contributed by atoms with Gasteiger partial charge in [0.05, 0.1) is 88.0 Å². The van der Waals surface area contributed by atoms with Gasteiger partial charge in [-0.2, -0.15) is 64.4 Å². The van der Waals surface area contributed by atoms with Gasteiger partial charge in [-0.3, -0.25) is 4.68 Å². The average Bonchev–Trinajstić information content (AvgIpc) is 1.70. The molecular weight excluding hydrogens is 1590 g/mol. The van der Waals surface area contributed by atoms with Crippen LogP contribution in [0, 0.1) is 136 Å². The van der Waals surface area contributed by atoms with E-state index in [9.17, 15) is 8.78 Å². The number of aryl methyl sites for hydroxylation is 1. The van der Waals surface area contributed by atoms with Crippen LogP contribution in [0.2, 0.25) is 0 Å². The Morgan fingerprint density at radius 1 is 0.365 bits per heavy atom. The third-order valence-electron chi connectivity index (χ3n) is 10.5. The van der Waals surface area contributed by atoms with Crippen molar-refractivity contribution >= 4 is 10.9 Å². The smallest absolute Gasteiger partial charge is 0.136 e. The molecule has 0 bridgehead atoms. The van der Waals surface area contributed by atoms with Crippen LogP contribution in [-0.4, -0.2) is 36.2 Å². The minimum atomic E-state index is -0.309. The molecule has 0 aliphatic heterocycles. The predicted molar refractivity (Wildman–Crippen MR) is 334 cm³/mol. The zero-order valence-electron chi connectivity index (χ0n) is 51.1. The number of rotatable bonds is 15. The summed E-state index contributed by atoms with van der Waals surface area (Å²) in [5, 5.41) is 56.4. The third-order valence-corrected chi connectivity index (χ3v) is 10.5. The molecule has 0 aliphatic carbocycles. The Morgan fingerprint density at radius 3 is 1.15 bits per heavy atom. The maximum Gasteiger partial charge on any atom is 0.136 e. The Balaban J connectivity index is -0.000000187. The van der Waals surface area contributed by atoms with Crippen LogP contribution in [0.25, 0.3) is 10.9 Å². The molecule has 1 heterocycles. The van der Waals surface area contributed by atoms with E-state index < -0.39 is 0 Å². The molecule has 0 saturated heterocycles. The Hall–Kier alpha value is -7.32. The molecule has 0 atom stereocenters. The van der Waals surface area contributed by atoms with Gasteiger partial charge in [0, 0.05) is 152 Å². The van der Waals surface area contributed by atoms with Gasteiger partial charge in [-0.1, -0.05) is 60.7 Å². The zero-order valence-corrected chi connectivity index (χ0v) is 59.5. The summed E-state index contributed by atoms with van der Waals surface area (Å²) in [7, 11) is 9.57. The van der Waals surface area contributed by atoms with Crippen molar-refractivity contribution in [2.75, 3.05) is 26.4 Å². The molecule has 0 unspecified atom stereocenters. The van der Waals surface area contributed by atoms with Gasteiger partial charge in [0.1, 0.15) is 58.6 Å². The van der Waals surface area contributed by atoms with Gasteiger partial charge < -0.3 is 67.8 Å². The van der Waals surface area contributed by atoms with Gasteiger partial charge in [-0.05, 0) is 135 Å². The molecule has 0 spiro atoms. The molecule has 8 aromatic carbocycles. The van der Waals surface area contributed by atoms with E-state index in [2.05, 4.69) is 81.3 Å². The first-order valence-corrected chi connectivity index (χ1v) is 26.5. The molecule has 96 heavy (non-hydrogen) atoms. The summed E-state index contributed by atoms with van der Waals surface area (Å²) in [4.78, 5) is 0. The molecular formula is C71H64Co8F2N8O7-8. The van der Waals surface area contributed by atoms with Gasteiger partial charge in [0.25, 0.3) is 0 Å². The molecule has 9 rings (SSSR count). The van der Waals surface area contributed by atoms with E-state index in [4.69, 9.17) is 50.5 Å². The van der Waals surface area contributed by atoms with Crippen molar-refractivity contribution in [2.45, 2.75) is 25.8 Å². The number of fused-ring (bicyclic) bond motifs is 1. The van der Waals surface area contributed by atoms with E-state index in [1.165, 1.54) is 24.3 Å². The Labute approximate surface area is 646 Å². The number of nitriles is 6. The SMILES string of the molecule is [CH2-]CCOc1cccc(C#N)c1.[CH2-]CCOc1ccccc1C#N.[CH2-]CCn1ncc2ccc(F)cc21.[CH2-]COc1cccc(C#N)c1.[CH2-]COc1ccccc1C#N.[CH2-]Oc1cccc(C#N)c1.[CH2-]Oc1cccc(F)c1.[CH2-]Oc1ccccc1C#N.[Co].[Co].[Co].[Co].[Co].[Co].[Co].[Co]. The molecule has 8 radical (unpaired) electrons. The zero-order chi connectivity index (χ0) is 64.6. The second-order valence-corrected chi connectivity index (χ2v) is 16.7. The van der Waals surface area contributed by atoms with Crippen LogP contribution in [0.4, 0.5) is 8.78 Å². The van der Waals surface area contributed by atoms with Gasteiger partial charge in [0.2, 0.25) is 0 Å². The molecule has 9 aromatic rings. The molecule has 0 N–H and O–H groups in total. The van der Waals surface area contributed by atoms with E-state index in [1.807, 2.05) is 54.6 Å². The summed E-state index contributed by atoms with van der Waals surface area (Å²) in [6.45, 7) is 20.7. The van der Waals surface area contributed by atoms with E-state index in [0.29, 0.717) is 101 Å². The maximum atomic E-state index is 12.9. The van der Waals surface area contributed by atoms with Crippen molar-refractivity contribution in [3.8, 4) is 76.7 Å². The topological polar surface area (TPSA) is 225 Å². The molecule has 0 fully saturated rings. The van der Waals surface area contributed by atoms with Crippen molar-refractivity contribution < 1.29 is 176 Å². The van der Waals surface area contributed by atoms with Gasteiger partial charge in [-0.15, -0.1) is 12.8 Å². The second kappa shape index (κ2) is 65.0. The van der Waals surface area contributed by atoms with E-state index in [0.717, 1.165) is 36.0 Å². The summed E-state index contributed by atoms with van der Waals surface area (Å²) in [6.07, 6.45) is 3.94. The van der Waals surface area contributed by atoms with Gasteiger partial charge in [-0.25, -0.2) is 8.78 Å². The first-order chi connectivity index (χ1) is 42.9. The Morgan fingerprint density at radius 2 is 0.750 bits per heavy atom. The molecule has 25 heteroatoms. The van der Waals surface area contributed by atoms with Crippen LogP contribution in [0.15, 0.2) is 194 Å². The summed E-state index contributed by atoms with van der Waals surface area (Å²) in [6, 6.07) is 64.8. The molecule has 0 aliphatic rings. The number of hydrogen-bond acceptors (Lipinski definition) is 14. The molecule has 15 nitrogen and oxygen atoms in total. The first kappa shape index (κ1) is 102. The monoisotopic (exact) mass is 1650 g/mol. The Kier molecular flexibility index (Phi) is 69.2. The molecule has 0 saturated carbocycles. The van der Waals surface area contributed by atoms with E-state index >= 15 is 0 Å². The minimum Gasteiger partial charge on any atom is -0.665 e. The maximum absolute atomic E-state index is 12.9. The van der Waals surface area contributed by atoms with Crippen LogP contribution in [0.3, 0.4) is 0 Å². The fourth-order valence-corrected chi connectivity index (χ4v) is 6.55. The van der Waals surface area contributed by atoms with E-state index in [-0.39, 0.29) is 146 Å². The number of hydrogen-bond donors (Lipinski definition) is 0. The fourth-order valence-electron chi connectivity index (χ4n) is 6.55. The van der Waals surface area contributed by atoms with E-state index in [1.54, 1.807) is 150 Å². The van der Waals surface area contributed by atoms with Crippen LogP contribution in [0.1, 0.15) is 52.6 Å². The van der Waals surface area contributed by atoms with Crippen LogP contribution < -0.4 is 33.2 Å². The van der Waals surface area contributed by atoms with Crippen LogP contribution in [0.5, 0.6) is 40.2 Å². The standard InChI is InChI=1S/C10H10FN2.2C10H10NO.2C9H8NO.2C8H6NO.C7H6FO.8Co/c1-2-5-13-10-6-9(11)4-3-8(10)7-12-13;1-2-7-12-10-6-4-3-5-9(10)8-11;1-2-6-12-10-5-3-4-9(7-10)8-11;1-2-11-9-5-3-4-8(6-9)7-10;1-2-11-9-6-4-3-5-8(9)7-10;1-10-8-4-2-3-7(5-8)6-9;1-10-8-5-3-2-4-7(8)6-9;1-9-7-4-2-3-6(8)5-7;;;;;;;;/h3-4,6-7H,1-2,5H2;3-6H,1-2,7H2;3-5,7H,1-2,6H2;2*3-6H,1-2H2;2*2-5H,1H2;2-5H,1H2;;;;;;;;/q8*-1;;;;;;;;. The number of halogens is 2. The minimum absolute atomic E-state index is 0. The van der Waals surface area contributed by atoms with Crippen molar-refractivity contribution in [2.24, 2.45) is 0 Å². The van der Waals surface area contributed by atoms with Crippen molar-refractivity contribution in [1.82, 2.24) is 9.78 Å². The van der Waals surface area contributed by atoms with Crippen LogP contribution >= 0.6 is 0 Å². The van der Waals surface area contributed by atoms with Crippen molar-refractivity contribution in [3.05, 3.63) is 295 Å². The first-order valence-electron chi connectivity index (χ1n) is 26.5. The predicted octanol–water partition coefficient (Wildman–Crippen LogP) is 15.7. The molecule has 524 valence electrons. The molecule has 1 aromatic heterocycles. The summed E-state index contributed by atoms with van der Waals surface area (Å²) >= 11 is 0. The van der Waals surface area contributed by atoms with Gasteiger partial charge in [0.15, 0.2) is 0 Å². The second-order valence-electron chi connectivity index (χ2n) is 16.7. The normalized spacial score (nSPS) is 8.33. The largest absolute Gasteiger partial charge is 0.665 e. The number of nitrogens with zero attached hydrogens (tertiary/aromatic N) is 8. The summed E-state index contributed by atoms with van der Waals surface area (Å²) in [5.74, 6) is 3.71. The van der Waals surface area contributed by atoms with Crippen molar-refractivity contribution in [1.29, 1.82) is 31.6 Å².